The quantitative estimate of drug-likeness (QED) is 0.870. The molecule has 1 aliphatic heterocycles. The fraction of sp³-hybridized carbons (Fsp3) is 0.462. The highest BCUT2D eigenvalue weighted by atomic mass is 79.9. The molecule has 0 amide bonds. The van der Waals surface area contributed by atoms with Crippen molar-refractivity contribution in [1.82, 2.24) is 5.32 Å². The second-order valence-electron chi connectivity index (χ2n) is 4.19. The molecule has 1 N–H and O–H groups in total. The summed E-state index contributed by atoms with van der Waals surface area (Å²) >= 11 is 3.44. The van der Waals surface area contributed by atoms with Gasteiger partial charge >= 0.3 is 0 Å². The van der Waals surface area contributed by atoms with E-state index in [1.807, 2.05) is 13.0 Å². The van der Waals surface area contributed by atoms with Gasteiger partial charge in [0.1, 0.15) is 0 Å². The predicted molar refractivity (Wildman–Crippen MR) is 72.7 cm³/mol. The van der Waals surface area contributed by atoms with Gasteiger partial charge in [-0.3, -0.25) is 4.79 Å². The van der Waals surface area contributed by atoms with Gasteiger partial charge in [0, 0.05) is 17.5 Å². The van der Waals surface area contributed by atoms with E-state index in [0.717, 1.165) is 16.5 Å². The monoisotopic (exact) mass is 313 g/mol. The van der Waals surface area contributed by atoms with Gasteiger partial charge in [0.2, 0.25) is 0 Å². The number of carbonyl (C=O) groups is 1. The van der Waals surface area contributed by atoms with Crippen LogP contribution in [0.1, 0.15) is 22.3 Å². The molecule has 2 rings (SSSR count). The maximum Gasteiger partial charge on any atom is 0.177 e. The Morgan fingerprint density at radius 2 is 2.06 bits per heavy atom. The van der Waals surface area contributed by atoms with Crippen LogP contribution in [0.15, 0.2) is 10.5 Å². The minimum absolute atomic E-state index is 0.0475. The van der Waals surface area contributed by atoms with Crippen molar-refractivity contribution in [1.29, 1.82) is 0 Å². The van der Waals surface area contributed by atoms with Crippen LogP contribution in [0.2, 0.25) is 0 Å². The molecule has 0 unspecified atom stereocenters. The Kier molecular flexibility index (Phi) is 4.24. The van der Waals surface area contributed by atoms with Crippen LogP contribution in [0, 0.1) is 6.92 Å². The molecular formula is C13H16BrNO3. The summed E-state index contributed by atoms with van der Waals surface area (Å²) in [7, 11) is 1.76. The largest absolute Gasteiger partial charge is 0.489 e. The summed E-state index contributed by atoms with van der Waals surface area (Å²) in [4.78, 5) is 12.0. The van der Waals surface area contributed by atoms with Crippen LogP contribution in [0.3, 0.4) is 0 Å². The van der Waals surface area contributed by atoms with Gasteiger partial charge in [-0.1, -0.05) is 0 Å². The lowest BCUT2D eigenvalue weighted by Gasteiger charge is -2.15. The highest BCUT2D eigenvalue weighted by Gasteiger charge is 2.22. The van der Waals surface area contributed by atoms with E-state index in [1.165, 1.54) is 0 Å². The third kappa shape index (κ3) is 2.52. The fourth-order valence-corrected chi connectivity index (χ4v) is 2.49. The van der Waals surface area contributed by atoms with Crippen molar-refractivity contribution in [2.24, 2.45) is 0 Å². The van der Waals surface area contributed by atoms with Gasteiger partial charge in [0.15, 0.2) is 17.3 Å². The first kappa shape index (κ1) is 13.4. The molecule has 4 nitrogen and oxygen atoms in total. The van der Waals surface area contributed by atoms with E-state index in [0.29, 0.717) is 36.8 Å². The Balaban J connectivity index is 2.48. The molecule has 0 aliphatic carbocycles. The lowest BCUT2D eigenvalue weighted by atomic mass is 10.0. The van der Waals surface area contributed by atoms with Crippen LogP contribution in [0.25, 0.3) is 0 Å². The van der Waals surface area contributed by atoms with Gasteiger partial charge in [-0.2, -0.15) is 0 Å². The van der Waals surface area contributed by atoms with Crippen molar-refractivity contribution in [3.63, 3.8) is 0 Å². The van der Waals surface area contributed by atoms with Crippen LogP contribution in [0.4, 0.5) is 0 Å². The first-order valence-corrected chi connectivity index (χ1v) is 6.71. The summed E-state index contributed by atoms with van der Waals surface area (Å²) < 4.78 is 12.1. The molecule has 18 heavy (non-hydrogen) atoms. The van der Waals surface area contributed by atoms with Gasteiger partial charge in [-0.15, -0.1) is 0 Å². The maximum atomic E-state index is 12.0. The van der Waals surface area contributed by atoms with E-state index in [1.54, 1.807) is 7.05 Å². The third-order valence-electron chi connectivity index (χ3n) is 2.86. The number of halogens is 1. The summed E-state index contributed by atoms with van der Waals surface area (Å²) in [6, 6.07) is 1.81. The number of ketones is 1. The summed E-state index contributed by atoms with van der Waals surface area (Å²) in [6.45, 7) is 3.45. The van der Waals surface area contributed by atoms with Gasteiger partial charge < -0.3 is 14.8 Å². The van der Waals surface area contributed by atoms with Crippen LogP contribution < -0.4 is 14.8 Å². The summed E-state index contributed by atoms with van der Waals surface area (Å²) in [5.41, 5.74) is 1.51. The zero-order valence-electron chi connectivity index (χ0n) is 10.5. The average Bonchev–Trinajstić information content (AvgIpc) is 2.60. The molecule has 5 heteroatoms. The number of rotatable bonds is 3. The molecule has 0 aromatic heterocycles. The molecule has 0 atom stereocenters. The second kappa shape index (κ2) is 5.71. The standard InChI is InChI=1S/C13H16BrNO3/c1-8-9(11(16)7-15-2)6-10(14)13-12(8)17-4-3-5-18-13/h6,15H,3-5,7H2,1-2H3. The van der Waals surface area contributed by atoms with Gasteiger partial charge in [0.05, 0.1) is 24.2 Å². The summed E-state index contributed by atoms with van der Waals surface area (Å²) in [5, 5.41) is 2.87. The van der Waals surface area contributed by atoms with Crippen molar-refractivity contribution >= 4 is 21.7 Å². The van der Waals surface area contributed by atoms with Crippen molar-refractivity contribution in [3.05, 3.63) is 21.7 Å². The average molecular weight is 314 g/mol. The van der Waals surface area contributed by atoms with Gasteiger partial charge in [0.25, 0.3) is 0 Å². The van der Waals surface area contributed by atoms with Crippen LogP contribution >= 0.6 is 15.9 Å². The van der Waals surface area contributed by atoms with Crippen LogP contribution in [-0.2, 0) is 0 Å². The Labute approximate surface area is 115 Å². The predicted octanol–water partition coefficient (Wildman–Crippen LogP) is 2.32. The van der Waals surface area contributed by atoms with Crippen molar-refractivity contribution in [2.45, 2.75) is 13.3 Å². The first-order valence-electron chi connectivity index (χ1n) is 5.91. The van der Waals surface area contributed by atoms with Gasteiger partial charge in [-0.05, 0) is 36.0 Å². The van der Waals surface area contributed by atoms with Crippen molar-refractivity contribution < 1.29 is 14.3 Å². The maximum absolute atomic E-state index is 12.0. The third-order valence-corrected chi connectivity index (χ3v) is 3.45. The van der Waals surface area contributed by atoms with E-state index in [4.69, 9.17) is 9.47 Å². The molecule has 0 spiro atoms. The Morgan fingerprint density at radius 3 is 2.72 bits per heavy atom. The molecule has 0 saturated carbocycles. The topological polar surface area (TPSA) is 47.6 Å². The van der Waals surface area contributed by atoms with Gasteiger partial charge in [-0.25, -0.2) is 0 Å². The lowest BCUT2D eigenvalue weighted by molar-refractivity contribution is 0.0992. The number of likely N-dealkylation sites (N-methyl/N-ethyl adjacent to an activating group) is 1. The number of hydrogen-bond donors (Lipinski definition) is 1. The number of hydrogen-bond acceptors (Lipinski definition) is 4. The molecular weight excluding hydrogens is 298 g/mol. The lowest BCUT2D eigenvalue weighted by Crippen LogP contribution is -2.19. The molecule has 0 radical (unpaired) electrons. The molecule has 98 valence electrons. The molecule has 0 bridgehead atoms. The fourth-order valence-electron chi connectivity index (χ4n) is 1.96. The molecule has 1 aromatic carbocycles. The summed E-state index contributed by atoms with van der Waals surface area (Å²) in [5.74, 6) is 1.43. The number of nitrogens with one attached hydrogen (secondary N) is 1. The zero-order chi connectivity index (χ0) is 13.1. The number of fused-ring (bicyclic) bond motifs is 1. The number of benzene rings is 1. The van der Waals surface area contributed by atoms with Crippen LogP contribution in [-0.4, -0.2) is 32.6 Å². The number of carbonyl (C=O) groups excluding carboxylic acids is 1. The highest BCUT2D eigenvalue weighted by molar-refractivity contribution is 9.10. The van der Waals surface area contributed by atoms with Crippen molar-refractivity contribution in [3.8, 4) is 11.5 Å². The minimum Gasteiger partial charge on any atom is -0.489 e. The number of ether oxygens (including phenoxy) is 2. The molecule has 1 heterocycles. The van der Waals surface area contributed by atoms with E-state index >= 15 is 0 Å². The second-order valence-corrected chi connectivity index (χ2v) is 5.05. The Hall–Kier alpha value is -1.07. The SMILES string of the molecule is CNCC(=O)c1cc(Br)c2c(c1C)OCCCO2. The van der Waals surface area contributed by atoms with E-state index in [-0.39, 0.29) is 5.78 Å². The molecule has 1 aliphatic rings. The number of Topliss-reactive ketones (excluding diaryl/α,β-unsaturated/α-hetero) is 1. The minimum atomic E-state index is 0.0475. The summed E-state index contributed by atoms with van der Waals surface area (Å²) in [6.07, 6.45) is 0.848. The smallest absolute Gasteiger partial charge is 0.177 e. The van der Waals surface area contributed by atoms with E-state index < -0.39 is 0 Å². The highest BCUT2D eigenvalue weighted by Crippen LogP contribution is 2.41. The van der Waals surface area contributed by atoms with Crippen LogP contribution in [0.5, 0.6) is 11.5 Å². The van der Waals surface area contributed by atoms with E-state index in [9.17, 15) is 4.79 Å². The Morgan fingerprint density at radius 1 is 1.39 bits per heavy atom. The normalized spacial score (nSPS) is 14.2. The van der Waals surface area contributed by atoms with Crippen molar-refractivity contribution in [2.75, 3.05) is 26.8 Å². The first-order chi connectivity index (χ1) is 8.65. The molecule has 0 saturated heterocycles. The molecule has 1 aromatic rings. The zero-order valence-corrected chi connectivity index (χ0v) is 12.1. The molecule has 0 fully saturated rings. The Bertz CT molecular complexity index is 474. The van der Waals surface area contributed by atoms with E-state index in [2.05, 4.69) is 21.2 Å².